The maximum atomic E-state index is 6.01. The van der Waals surface area contributed by atoms with Crippen molar-refractivity contribution in [3.63, 3.8) is 0 Å². The van der Waals surface area contributed by atoms with Gasteiger partial charge in [0.05, 0.1) is 13.2 Å². The topological polar surface area (TPSA) is 78.8 Å². The largest absolute Gasteiger partial charge is 0.398 e. The molecule has 0 bridgehead atoms. The minimum Gasteiger partial charge on any atom is -0.398 e. The minimum atomic E-state index is 0.486. The van der Waals surface area contributed by atoms with Crippen molar-refractivity contribution in [3.8, 4) is 11.4 Å². The maximum absolute atomic E-state index is 6.01. The highest BCUT2D eigenvalue weighted by molar-refractivity contribution is 5.67. The lowest BCUT2D eigenvalue weighted by Gasteiger charge is -2.12. The van der Waals surface area contributed by atoms with E-state index < -0.39 is 0 Å². The summed E-state index contributed by atoms with van der Waals surface area (Å²) in [5.74, 6) is 1.27. The molecule has 0 aliphatic carbocycles. The van der Waals surface area contributed by atoms with E-state index in [1.165, 1.54) is 0 Å². The van der Waals surface area contributed by atoms with Gasteiger partial charge < -0.3 is 10.5 Å². The van der Waals surface area contributed by atoms with E-state index in [0.29, 0.717) is 5.92 Å². The van der Waals surface area contributed by atoms with Crippen molar-refractivity contribution in [3.05, 3.63) is 23.3 Å². The molecule has 2 aromatic rings. The molecule has 2 N–H and O–H groups in total. The van der Waals surface area contributed by atoms with Gasteiger partial charge in [0.2, 0.25) is 0 Å². The summed E-state index contributed by atoms with van der Waals surface area (Å²) in [5.41, 5.74) is 9.99. The van der Waals surface area contributed by atoms with Crippen LogP contribution in [0.1, 0.15) is 17.5 Å². The quantitative estimate of drug-likeness (QED) is 0.859. The highest BCUT2D eigenvalue weighted by atomic mass is 16.5. The van der Waals surface area contributed by atoms with Gasteiger partial charge in [0.1, 0.15) is 0 Å². The summed E-state index contributed by atoms with van der Waals surface area (Å²) < 4.78 is 7.27. The second kappa shape index (κ2) is 5.20. The molecule has 0 spiro atoms. The number of hydrogen-bond donors (Lipinski definition) is 1. The van der Waals surface area contributed by atoms with Crippen LogP contribution < -0.4 is 5.73 Å². The number of ether oxygens (including phenoxy) is 1. The number of tetrazole rings is 1. The molecule has 6 heteroatoms. The highest BCUT2D eigenvalue weighted by Gasteiger charge is 2.20. The summed E-state index contributed by atoms with van der Waals surface area (Å²) in [7, 11) is 0. The number of anilines is 1. The van der Waals surface area contributed by atoms with Crippen LogP contribution in [0.15, 0.2) is 12.1 Å². The molecule has 1 aromatic carbocycles. The SMILES string of the molecule is Cc1cc(C)c(-c2nnnn2CC2CCOC2)cc1N. The minimum absolute atomic E-state index is 0.486. The monoisotopic (exact) mass is 273 g/mol. The maximum Gasteiger partial charge on any atom is 0.182 e. The fraction of sp³-hybridized carbons (Fsp3) is 0.500. The van der Waals surface area contributed by atoms with Gasteiger partial charge in [-0.15, -0.1) is 5.10 Å². The Morgan fingerprint density at radius 1 is 1.35 bits per heavy atom. The van der Waals surface area contributed by atoms with E-state index in [4.69, 9.17) is 10.5 Å². The zero-order valence-corrected chi connectivity index (χ0v) is 11.8. The highest BCUT2D eigenvalue weighted by Crippen LogP contribution is 2.27. The van der Waals surface area contributed by atoms with Crippen LogP contribution in [0.4, 0.5) is 5.69 Å². The van der Waals surface area contributed by atoms with Gasteiger partial charge in [-0.3, -0.25) is 0 Å². The van der Waals surface area contributed by atoms with Crippen molar-refractivity contribution in [2.45, 2.75) is 26.8 Å². The Hall–Kier alpha value is -1.95. The first-order valence-corrected chi connectivity index (χ1v) is 6.86. The summed E-state index contributed by atoms with van der Waals surface area (Å²) in [4.78, 5) is 0. The third-order valence-electron chi connectivity index (χ3n) is 3.84. The number of nitrogen functional groups attached to an aromatic ring is 1. The smallest absolute Gasteiger partial charge is 0.182 e. The summed E-state index contributed by atoms with van der Waals surface area (Å²) >= 11 is 0. The Kier molecular flexibility index (Phi) is 3.40. The summed E-state index contributed by atoms with van der Waals surface area (Å²) in [6, 6.07) is 4.03. The average Bonchev–Trinajstić information content (AvgIpc) is 3.06. The molecule has 0 amide bonds. The molecule has 0 radical (unpaired) electrons. The first kappa shape index (κ1) is 13.1. The second-order valence-corrected chi connectivity index (χ2v) is 5.44. The molecule has 6 nitrogen and oxygen atoms in total. The van der Waals surface area contributed by atoms with Crippen LogP contribution in [-0.2, 0) is 11.3 Å². The zero-order valence-electron chi connectivity index (χ0n) is 11.8. The van der Waals surface area contributed by atoms with Crippen molar-refractivity contribution in [1.82, 2.24) is 20.2 Å². The number of hydrogen-bond acceptors (Lipinski definition) is 5. The van der Waals surface area contributed by atoms with E-state index in [0.717, 1.165) is 54.4 Å². The van der Waals surface area contributed by atoms with E-state index in [-0.39, 0.29) is 0 Å². The van der Waals surface area contributed by atoms with E-state index in [2.05, 4.69) is 28.5 Å². The van der Waals surface area contributed by atoms with E-state index in [9.17, 15) is 0 Å². The molecular weight excluding hydrogens is 254 g/mol. The number of benzene rings is 1. The Morgan fingerprint density at radius 2 is 2.20 bits per heavy atom. The molecule has 1 aliphatic heterocycles. The third-order valence-corrected chi connectivity index (χ3v) is 3.84. The van der Waals surface area contributed by atoms with Gasteiger partial charge in [0.15, 0.2) is 5.82 Å². The van der Waals surface area contributed by atoms with Gasteiger partial charge in [-0.05, 0) is 47.9 Å². The average molecular weight is 273 g/mol. The predicted molar refractivity (Wildman–Crippen MR) is 76.1 cm³/mol. The molecule has 2 heterocycles. The van der Waals surface area contributed by atoms with Crippen LogP contribution in [0.25, 0.3) is 11.4 Å². The molecule has 1 saturated heterocycles. The van der Waals surface area contributed by atoms with Crippen molar-refractivity contribution in [2.24, 2.45) is 5.92 Å². The number of rotatable bonds is 3. The molecule has 3 rings (SSSR count). The van der Waals surface area contributed by atoms with Gasteiger partial charge in [-0.1, -0.05) is 6.07 Å². The van der Waals surface area contributed by atoms with Crippen molar-refractivity contribution in [1.29, 1.82) is 0 Å². The molecular formula is C14H19N5O. The third kappa shape index (κ3) is 2.38. The van der Waals surface area contributed by atoms with E-state index >= 15 is 0 Å². The lowest BCUT2D eigenvalue weighted by molar-refractivity contribution is 0.181. The molecule has 20 heavy (non-hydrogen) atoms. The van der Waals surface area contributed by atoms with Crippen LogP contribution in [0.2, 0.25) is 0 Å². The predicted octanol–water partition coefficient (Wildman–Crippen LogP) is 1.58. The van der Waals surface area contributed by atoms with Crippen LogP contribution in [0, 0.1) is 19.8 Å². The molecule has 1 aliphatic rings. The van der Waals surface area contributed by atoms with E-state index in [1.807, 2.05) is 17.7 Å². The van der Waals surface area contributed by atoms with Crippen LogP contribution in [-0.4, -0.2) is 33.4 Å². The Balaban J connectivity index is 1.94. The summed E-state index contributed by atoms with van der Waals surface area (Å²) in [6.45, 7) is 6.47. The van der Waals surface area contributed by atoms with Crippen molar-refractivity contribution >= 4 is 5.69 Å². The van der Waals surface area contributed by atoms with Crippen LogP contribution in [0.5, 0.6) is 0 Å². The van der Waals surface area contributed by atoms with Gasteiger partial charge in [0, 0.05) is 23.8 Å². The Labute approximate surface area is 117 Å². The number of aryl methyl sites for hydroxylation is 2. The Bertz CT molecular complexity index is 616. The lowest BCUT2D eigenvalue weighted by Crippen LogP contribution is -2.13. The van der Waals surface area contributed by atoms with Crippen LogP contribution in [0.3, 0.4) is 0 Å². The molecule has 1 unspecified atom stereocenters. The lowest BCUT2D eigenvalue weighted by atomic mass is 10.0. The first-order chi connectivity index (χ1) is 9.65. The summed E-state index contributed by atoms with van der Waals surface area (Å²) in [6.07, 6.45) is 1.06. The molecule has 0 saturated carbocycles. The van der Waals surface area contributed by atoms with Crippen LogP contribution >= 0.6 is 0 Å². The molecule has 1 atom stereocenters. The number of nitrogens with two attached hydrogens (primary N) is 1. The van der Waals surface area contributed by atoms with Gasteiger partial charge in [-0.25, -0.2) is 4.68 Å². The standard InChI is InChI=1S/C14H19N5O/c1-9-5-10(2)13(15)6-12(9)14-16-17-18-19(14)7-11-3-4-20-8-11/h5-6,11H,3-4,7-8,15H2,1-2H3. The molecule has 1 fully saturated rings. The van der Waals surface area contributed by atoms with Crippen molar-refractivity contribution < 1.29 is 4.74 Å². The van der Waals surface area contributed by atoms with E-state index in [1.54, 1.807) is 0 Å². The number of aromatic nitrogens is 4. The normalized spacial score (nSPS) is 18.6. The van der Waals surface area contributed by atoms with Gasteiger partial charge in [-0.2, -0.15) is 0 Å². The fourth-order valence-electron chi connectivity index (χ4n) is 2.60. The second-order valence-electron chi connectivity index (χ2n) is 5.44. The number of nitrogens with zero attached hydrogens (tertiary/aromatic N) is 4. The first-order valence-electron chi connectivity index (χ1n) is 6.86. The van der Waals surface area contributed by atoms with Gasteiger partial charge in [0.25, 0.3) is 0 Å². The molecule has 106 valence electrons. The molecule has 1 aromatic heterocycles. The summed E-state index contributed by atoms with van der Waals surface area (Å²) in [5, 5.41) is 12.1. The van der Waals surface area contributed by atoms with Gasteiger partial charge >= 0.3 is 0 Å². The van der Waals surface area contributed by atoms with Crippen molar-refractivity contribution in [2.75, 3.05) is 18.9 Å². The zero-order chi connectivity index (χ0) is 14.1. The fourth-order valence-corrected chi connectivity index (χ4v) is 2.60. The Morgan fingerprint density at radius 3 is 2.95 bits per heavy atom.